The molecule has 0 bridgehead atoms. The van der Waals surface area contributed by atoms with Gasteiger partial charge in [0.05, 0.1) is 5.02 Å². The van der Waals surface area contributed by atoms with Crippen molar-refractivity contribution in [3.8, 4) is 5.75 Å². The van der Waals surface area contributed by atoms with Crippen LogP contribution in [0.2, 0.25) is 10.0 Å². The van der Waals surface area contributed by atoms with Crippen molar-refractivity contribution in [2.75, 3.05) is 13.2 Å². The summed E-state index contributed by atoms with van der Waals surface area (Å²) in [4.78, 5) is 24.3. The topological polar surface area (TPSA) is 67.4 Å². The van der Waals surface area contributed by atoms with Crippen LogP contribution in [-0.2, 0) is 16.0 Å². The average molecular weight is 481 g/mol. The Morgan fingerprint density at radius 2 is 1.81 bits per heavy atom. The number of nitrogens with one attached hydrogen (secondary N) is 2. The fourth-order valence-electron chi connectivity index (χ4n) is 3.79. The summed E-state index contributed by atoms with van der Waals surface area (Å²) in [5.74, 6) is -0.114. The van der Waals surface area contributed by atoms with E-state index in [1.165, 1.54) is 12.1 Å². The van der Waals surface area contributed by atoms with Crippen LogP contribution in [0.4, 0.5) is 4.39 Å². The molecular formula is C24H27Cl2FN2O3. The quantitative estimate of drug-likeness (QED) is 0.534. The fourth-order valence-corrected chi connectivity index (χ4v) is 4.12. The smallest absolute Gasteiger partial charge is 0.258 e. The Kier molecular flexibility index (Phi) is 9.18. The molecule has 1 fully saturated rings. The Labute approximate surface area is 197 Å². The Morgan fingerprint density at radius 3 is 2.53 bits per heavy atom. The lowest BCUT2D eigenvalue weighted by molar-refractivity contribution is -0.124. The van der Waals surface area contributed by atoms with Gasteiger partial charge >= 0.3 is 0 Å². The van der Waals surface area contributed by atoms with Gasteiger partial charge in [-0.25, -0.2) is 4.39 Å². The first kappa shape index (κ1) is 24.3. The minimum atomic E-state index is -0.584. The molecule has 5 nitrogen and oxygen atoms in total. The van der Waals surface area contributed by atoms with Crippen molar-refractivity contribution < 1.29 is 18.7 Å². The molecule has 2 N–H and O–H groups in total. The van der Waals surface area contributed by atoms with E-state index in [2.05, 4.69) is 10.6 Å². The van der Waals surface area contributed by atoms with Gasteiger partial charge in [-0.2, -0.15) is 0 Å². The molecule has 0 saturated heterocycles. The highest BCUT2D eigenvalue weighted by Gasteiger charge is 2.23. The number of halogens is 3. The Hall–Kier alpha value is -2.31. The molecule has 2 aromatic carbocycles. The molecule has 0 radical (unpaired) electrons. The van der Waals surface area contributed by atoms with Crippen LogP contribution < -0.4 is 15.4 Å². The molecule has 3 rings (SSSR count). The third kappa shape index (κ3) is 7.99. The number of rotatable bonds is 9. The molecule has 2 amide bonds. The number of ether oxygens (including phenoxy) is 1. The van der Waals surface area contributed by atoms with Crippen molar-refractivity contribution >= 4 is 35.0 Å². The normalized spacial score (nSPS) is 18.1. The van der Waals surface area contributed by atoms with E-state index < -0.39 is 5.82 Å². The molecule has 0 heterocycles. The van der Waals surface area contributed by atoms with Crippen LogP contribution in [0.1, 0.15) is 37.7 Å². The number of hydrogen-bond acceptors (Lipinski definition) is 3. The van der Waals surface area contributed by atoms with Crippen molar-refractivity contribution in [2.45, 2.75) is 44.6 Å². The first-order valence-electron chi connectivity index (χ1n) is 10.8. The van der Waals surface area contributed by atoms with Crippen LogP contribution >= 0.6 is 23.2 Å². The van der Waals surface area contributed by atoms with Crippen LogP contribution in [0.3, 0.4) is 0 Å². The summed E-state index contributed by atoms with van der Waals surface area (Å²) < 4.78 is 18.7. The Balaban J connectivity index is 1.29. The third-order valence-electron chi connectivity index (χ3n) is 5.59. The maximum absolute atomic E-state index is 13.4. The summed E-state index contributed by atoms with van der Waals surface area (Å²) in [6, 6.07) is 11.7. The van der Waals surface area contributed by atoms with Crippen molar-refractivity contribution in [1.82, 2.24) is 10.6 Å². The molecule has 0 atom stereocenters. The number of amides is 2. The molecule has 0 aromatic heterocycles. The van der Waals surface area contributed by atoms with Crippen molar-refractivity contribution in [1.29, 1.82) is 0 Å². The summed E-state index contributed by atoms with van der Waals surface area (Å²) in [6.07, 6.45) is 4.67. The van der Waals surface area contributed by atoms with Crippen LogP contribution in [0.15, 0.2) is 42.5 Å². The molecule has 1 aliphatic rings. The molecule has 172 valence electrons. The summed E-state index contributed by atoms with van der Waals surface area (Å²) in [5, 5.41) is 6.67. The molecule has 1 aliphatic carbocycles. The fraction of sp³-hybridized carbons (Fsp3) is 0.417. The third-order valence-corrected chi connectivity index (χ3v) is 6.13. The standard InChI is InChI=1S/C24H27Cl2FN2O3/c25-18-3-1-2-16(12-18)6-11-23(30)28-14-17-4-7-19(8-5-17)29-24(31)15-32-20-9-10-21(26)22(27)13-20/h1-3,9-10,12-13,17,19H,4-8,11,14-15H2,(H,28,30)(H,29,31). The first-order chi connectivity index (χ1) is 15.4. The lowest BCUT2D eigenvalue weighted by Crippen LogP contribution is -2.41. The molecule has 0 unspecified atom stereocenters. The maximum atomic E-state index is 13.4. The minimum Gasteiger partial charge on any atom is -0.484 e. The summed E-state index contributed by atoms with van der Waals surface area (Å²) in [7, 11) is 0. The minimum absolute atomic E-state index is 0.0101. The molecular weight excluding hydrogens is 454 g/mol. The van der Waals surface area contributed by atoms with Crippen LogP contribution in [-0.4, -0.2) is 31.0 Å². The van der Waals surface area contributed by atoms with Crippen molar-refractivity contribution in [2.24, 2.45) is 5.92 Å². The number of carbonyl (C=O) groups is 2. The molecule has 0 spiro atoms. The van der Waals surface area contributed by atoms with Gasteiger partial charge in [0.25, 0.3) is 5.91 Å². The van der Waals surface area contributed by atoms with Crippen LogP contribution in [0.5, 0.6) is 5.75 Å². The van der Waals surface area contributed by atoms with E-state index >= 15 is 0 Å². The highest BCUT2D eigenvalue weighted by molar-refractivity contribution is 6.31. The van der Waals surface area contributed by atoms with Crippen molar-refractivity contribution in [3.63, 3.8) is 0 Å². The largest absolute Gasteiger partial charge is 0.484 e. The molecule has 0 aliphatic heterocycles. The molecule has 8 heteroatoms. The highest BCUT2D eigenvalue weighted by Crippen LogP contribution is 2.24. The summed E-state index contributed by atoms with van der Waals surface area (Å²) in [5.41, 5.74) is 1.05. The lowest BCUT2D eigenvalue weighted by atomic mass is 9.86. The van der Waals surface area contributed by atoms with E-state index in [-0.39, 0.29) is 35.2 Å². The zero-order valence-electron chi connectivity index (χ0n) is 17.7. The second kappa shape index (κ2) is 12.1. The lowest BCUT2D eigenvalue weighted by Gasteiger charge is -2.29. The van der Waals surface area contributed by atoms with Gasteiger partial charge in [-0.1, -0.05) is 35.3 Å². The maximum Gasteiger partial charge on any atom is 0.258 e. The van der Waals surface area contributed by atoms with Gasteiger partial charge in [0.1, 0.15) is 11.6 Å². The second-order valence-electron chi connectivity index (χ2n) is 8.08. The van der Waals surface area contributed by atoms with Crippen LogP contribution in [0.25, 0.3) is 0 Å². The van der Waals surface area contributed by atoms with E-state index in [4.69, 9.17) is 27.9 Å². The number of carbonyl (C=O) groups excluding carboxylic acids is 2. The van der Waals surface area contributed by atoms with E-state index in [0.29, 0.717) is 30.3 Å². The van der Waals surface area contributed by atoms with E-state index in [1.54, 1.807) is 0 Å². The monoisotopic (exact) mass is 480 g/mol. The molecule has 1 saturated carbocycles. The predicted octanol–water partition coefficient (Wildman–Crippen LogP) is 4.94. The summed E-state index contributed by atoms with van der Waals surface area (Å²) >= 11 is 11.6. The number of hydrogen-bond donors (Lipinski definition) is 2. The Bertz CT molecular complexity index is 933. The van der Waals surface area contributed by atoms with Gasteiger partial charge < -0.3 is 15.4 Å². The van der Waals surface area contributed by atoms with Gasteiger partial charge in [-0.05, 0) is 67.9 Å². The van der Waals surface area contributed by atoms with Gasteiger partial charge in [0.2, 0.25) is 5.91 Å². The predicted molar refractivity (Wildman–Crippen MR) is 124 cm³/mol. The number of benzene rings is 2. The zero-order chi connectivity index (χ0) is 22.9. The number of aryl methyl sites for hydroxylation is 1. The molecule has 32 heavy (non-hydrogen) atoms. The first-order valence-corrected chi connectivity index (χ1v) is 11.5. The Morgan fingerprint density at radius 1 is 1.03 bits per heavy atom. The van der Waals surface area contributed by atoms with Crippen LogP contribution in [0, 0.1) is 11.7 Å². The van der Waals surface area contributed by atoms with E-state index in [9.17, 15) is 14.0 Å². The van der Waals surface area contributed by atoms with E-state index in [1.807, 2.05) is 24.3 Å². The van der Waals surface area contributed by atoms with E-state index in [0.717, 1.165) is 37.3 Å². The molecule has 2 aromatic rings. The van der Waals surface area contributed by atoms with Gasteiger partial charge in [0.15, 0.2) is 6.61 Å². The SMILES string of the molecule is O=C(CCc1cccc(Cl)c1)NCC1CCC(NC(=O)COc2ccc(Cl)c(F)c2)CC1. The highest BCUT2D eigenvalue weighted by atomic mass is 35.5. The van der Waals surface area contributed by atoms with Crippen molar-refractivity contribution in [3.05, 3.63) is 63.9 Å². The summed E-state index contributed by atoms with van der Waals surface area (Å²) in [6.45, 7) is 0.476. The zero-order valence-corrected chi connectivity index (χ0v) is 19.2. The average Bonchev–Trinajstić information content (AvgIpc) is 2.78. The van der Waals surface area contributed by atoms with Gasteiger partial charge in [0, 0.05) is 30.1 Å². The van der Waals surface area contributed by atoms with Gasteiger partial charge in [-0.15, -0.1) is 0 Å². The van der Waals surface area contributed by atoms with Gasteiger partial charge in [-0.3, -0.25) is 9.59 Å². The second-order valence-corrected chi connectivity index (χ2v) is 8.93.